The van der Waals surface area contributed by atoms with Gasteiger partial charge in [0.2, 0.25) is 0 Å². The standard InChI is InChI=1S/C16H20F2N2O/c1-3-11(2)20-7-6-14(19-20)10-15(21)8-12-4-5-13(17)9-16(12)18/h4-7,9,11,15,21H,3,8,10H2,1-2H3. The minimum Gasteiger partial charge on any atom is -0.392 e. The fourth-order valence-electron chi connectivity index (χ4n) is 2.17. The van der Waals surface area contributed by atoms with E-state index in [-0.39, 0.29) is 6.42 Å². The zero-order valence-corrected chi connectivity index (χ0v) is 12.3. The molecular formula is C16H20F2N2O. The fourth-order valence-corrected chi connectivity index (χ4v) is 2.17. The van der Waals surface area contributed by atoms with Crippen molar-refractivity contribution < 1.29 is 13.9 Å². The van der Waals surface area contributed by atoms with E-state index in [4.69, 9.17) is 0 Å². The van der Waals surface area contributed by atoms with E-state index in [2.05, 4.69) is 18.9 Å². The highest BCUT2D eigenvalue weighted by molar-refractivity contribution is 5.19. The van der Waals surface area contributed by atoms with Crippen LogP contribution in [0, 0.1) is 11.6 Å². The SMILES string of the molecule is CCC(C)n1ccc(CC(O)Cc2ccc(F)cc2F)n1. The lowest BCUT2D eigenvalue weighted by atomic mass is 10.0. The van der Waals surface area contributed by atoms with Crippen LogP contribution in [-0.2, 0) is 12.8 Å². The van der Waals surface area contributed by atoms with Crippen molar-refractivity contribution in [2.24, 2.45) is 0 Å². The summed E-state index contributed by atoms with van der Waals surface area (Å²) in [6.45, 7) is 4.15. The second-order valence-electron chi connectivity index (χ2n) is 5.34. The van der Waals surface area contributed by atoms with E-state index in [0.717, 1.165) is 18.2 Å². The fraction of sp³-hybridized carbons (Fsp3) is 0.438. The van der Waals surface area contributed by atoms with Gasteiger partial charge in [0.1, 0.15) is 11.6 Å². The van der Waals surface area contributed by atoms with E-state index >= 15 is 0 Å². The largest absolute Gasteiger partial charge is 0.392 e. The highest BCUT2D eigenvalue weighted by Gasteiger charge is 2.13. The zero-order chi connectivity index (χ0) is 15.4. The Balaban J connectivity index is 1.98. The Kier molecular flexibility index (Phi) is 5.07. The first-order valence-corrected chi connectivity index (χ1v) is 7.15. The van der Waals surface area contributed by atoms with Gasteiger partial charge < -0.3 is 5.11 Å². The van der Waals surface area contributed by atoms with Gasteiger partial charge in [-0.15, -0.1) is 0 Å². The van der Waals surface area contributed by atoms with Crippen molar-refractivity contribution in [3.05, 3.63) is 53.4 Å². The van der Waals surface area contributed by atoms with Crippen LogP contribution in [0.15, 0.2) is 30.5 Å². The van der Waals surface area contributed by atoms with E-state index < -0.39 is 17.7 Å². The smallest absolute Gasteiger partial charge is 0.129 e. The van der Waals surface area contributed by atoms with Gasteiger partial charge in [-0.05, 0) is 31.0 Å². The van der Waals surface area contributed by atoms with Gasteiger partial charge in [0, 0.05) is 31.1 Å². The second kappa shape index (κ2) is 6.80. The van der Waals surface area contributed by atoms with Gasteiger partial charge in [-0.1, -0.05) is 13.0 Å². The van der Waals surface area contributed by atoms with Crippen molar-refractivity contribution in [3.8, 4) is 0 Å². The summed E-state index contributed by atoms with van der Waals surface area (Å²) >= 11 is 0. The lowest BCUT2D eigenvalue weighted by Gasteiger charge is -2.11. The normalized spacial score (nSPS) is 14.1. The predicted molar refractivity (Wildman–Crippen MR) is 77.0 cm³/mol. The molecule has 114 valence electrons. The van der Waals surface area contributed by atoms with Gasteiger partial charge in [0.25, 0.3) is 0 Å². The molecule has 1 aromatic carbocycles. The molecule has 0 bridgehead atoms. The Labute approximate surface area is 123 Å². The Morgan fingerprint density at radius 2 is 2.00 bits per heavy atom. The summed E-state index contributed by atoms with van der Waals surface area (Å²) in [5.74, 6) is -1.24. The highest BCUT2D eigenvalue weighted by Crippen LogP contribution is 2.15. The summed E-state index contributed by atoms with van der Waals surface area (Å²) in [7, 11) is 0. The molecule has 21 heavy (non-hydrogen) atoms. The quantitative estimate of drug-likeness (QED) is 0.888. The maximum absolute atomic E-state index is 13.5. The number of aromatic nitrogens is 2. The van der Waals surface area contributed by atoms with Crippen LogP contribution in [0.1, 0.15) is 37.6 Å². The maximum Gasteiger partial charge on any atom is 0.129 e. The van der Waals surface area contributed by atoms with Gasteiger partial charge in [0.15, 0.2) is 0 Å². The first kappa shape index (κ1) is 15.6. The number of halogens is 2. The number of benzene rings is 1. The summed E-state index contributed by atoms with van der Waals surface area (Å²) in [4.78, 5) is 0. The van der Waals surface area contributed by atoms with E-state index in [1.807, 2.05) is 16.9 Å². The average molecular weight is 294 g/mol. The molecule has 0 radical (unpaired) electrons. The molecule has 1 aromatic heterocycles. The van der Waals surface area contributed by atoms with Crippen molar-refractivity contribution in [2.75, 3.05) is 0 Å². The molecule has 0 spiro atoms. The van der Waals surface area contributed by atoms with Gasteiger partial charge in [0.05, 0.1) is 11.8 Å². The average Bonchev–Trinajstić information content (AvgIpc) is 2.89. The summed E-state index contributed by atoms with van der Waals surface area (Å²) < 4.78 is 28.2. The monoisotopic (exact) mass is 294 g/mol. The van der Waals surface area contributed by atoms with E-state index in [9.17, 15) is 13.9 Å². The zero-order valence-electron chi connectivity index (χ0n) is 12.3. The van der Waals surface area contributed by atoms with E-state index in [1.165, 1.54) is 12.1 Å². The van der Waals surface area contributed by atoms with Crippen LogP contribution in [0.2, 0.25) is 0 Å². The number of aliphatic hydroxyl groups is 1. The van der Waals surface area contributed by atoms with Gasteiger partial charge in [-0.2, -0.15) is 5.10 Å². The van der Waals surface area contributed by atoms with Crippen molar-refractivity contribution in [1.82, 2.24) is 9.78 Å². The topological polar surface area (TPSA) is 38.0 Å². The minimum atomic E-state index is -0.745. The molecule has 1 N–H and O–H groups in total. The Morgan fingerprint density at radius 3 is 2.67 bits per heavy atom. The van der Waals surface area contributed by atoms with Crippen LogP contribution in [-0.4, -0.2) is 21.0 Å². The maximum atomic E-state index is 13.5. The minimum absolute atomic E-state index is 0.141. The molecular weight excluding hydrogens is 274 g/mol. The molecule has 2 rings (SSSR count). The third-order valence-electron chi connectivity index (χ3n) is 3.62. The Morgan fingerprint density at radius 1 is 1.24 bits per heavy atom. The molecule has 0 aliphatic carbocycles. The van der Waals surface area contributed by atoms with E-state index in [0.29, 0.717) is 18.0 Å². The van der Waals surface area contributed by atoms with Crippen molar-refractivity contribution >= 4 is 0 Å². The lowest BCUT2D eigenvalue weighted by molar-refractivity contribution is 0.172. The summed E-state index contributed by atoms with van der Waals surface area (Å²) in [6, 6.07) is 5.57. The lowest BCUT2D eigenvalue weighted by Crippen LogP contribution is -2.16. The summed E-state index contributed by atoms with van der Waals surface area (Å²) in [5, 5.41) is 14.4. The number of nitrogens with zero attached hydrogens (tertiary/aromatic N) is 2. The third kappa shape index (κ3) is 4.11. The molecule has 0 fully saturated rings. The number of aliphatic hydroxyl groups excluding tert-OH is 1. The first-order valence-electron chi connectivity index (χ1n) is 7.15. The van der Waals surface area contributed by atoms with E-state index in [1.54, 1.807) is 0 Å². The number of hydrogen-bond donors (Lipinski definition) is 1. The van der Waals surface area contributed by atoms with Gasteiger partial charge in [-0.25, -0.2) is 8.78 Å². The molecule has 0 saturated carbocycles. The molecule has 2 atom stereocenters. The van der Waals surface area contributed by atoms with Crippen molar-refractivity contribution in [3.63, 3.8) is 0 Å². The number of hydrogen-bond acceptors (Lipinski definition) is 2. The molecule has 2 unspecified atom stereocenters. The van der Waals surface area contributed by atoms with Gasteiger partial charge >= 0.3 is 0 Å². The second-order valence-corrected chi connectivity index (χ2v) is 5.34. The summed E-state index contributed by atoms with van der Waals surface area (Å²) in [6.07, 6.45) is 2.60. The number of rotatable bonds is 6. The van der Waals surface area contributed by atoms with Crippen LogP contribution < -0.4 is 0 Å². The van der Waals surface area contributed by atoms with Crippen LogP contribution in [0.4, 0.5) is 8.78 Å². The van der Waals surface area contributed by atoms with Crippen LogP contribution in [0.5, 0.6) is 0 Å². The Bertz CT molecular complexity index is 598. The van der Waals surface area contributed by atoms with Crippen molar-refractivity contribution in [2.45, 2.75) is 45.3 Å². The molecule has 1 heterocycles. The third-order valence-corrected chi connectivity index (χ3v) is 3.62. The molecule has 0 amide bonds. The molecule has 3 nitrogen and oxygen atoms in total. The van der Waals surface area contributed by atoms with Gasteiger partial charge in [-0.3, -0.25) is 4.68 Å². The van der Waals surface area contributed by atoms with Crippen LogP contribution >= 0.6 is 0 Å². The first-order chi connectivity index (χ1) is 9.99. The predicted octanol–water partition coefficient (Wildman–Crippen LogP) is 3.28. The Hall–Kier alpha value is -1.75. The molecule has 2 aromatic rings. The summed E-state index contributed by atoms with van der Waals surface area (Å²) in [5.41, 5.74) is 1.08. The molecule has 0 aliphatic rings. The van der Waals surface area contributed by atoms with Crippen LogP contribution in [0.25, 0.3) is 0 Å². The molecule has 0 saturated heterocycles. The molecule has 0 aliphatic heterocycles. The van der Waals surface area contributed by atoms with Crippen molar-refractivity contribution in [1.29, 1.82) is 0 Å². The highest BCUT2D eigenvalue weighted by atomic mass is 19.1. The van der Waals surface area contributed by atoms with Crippen LogP contribution in [0.3, 0.4) is 0 Å². The molecule has 5 heteroatoms.